The van der Waals surface area contributed by atoms with Crippen LogP contribution in [0.15, 0.2) is 24.3 Å². The zero-order valence-electron chi connectivity index (χ0n) is 9.29. The van der Waals surface area contributed by atoms with Gasteiger partial charge in [-0.25, -0.2) is 4.39 Å². The highest BCUT2D eigenvalue weighted by molar-refractivity contribution is 5.23. The second-order valence-electron chi connectivity index (χ2n) is 4.46. The summed E-state index contributed by atoms with van der Waals surface area (Å²) in [4.78, 5) is 0. The van der Waals surface area contributed by atoms with E-state index in [1.165, 1.54) is 18.6 Å². The molecule has 0 bridgehead atoms. The molecule has 2 nitrogen and oxygen atoms in total. The Balaban J connectivity index is 2.11. The van der Waals surface area contributed by atoms with E-state index < -0.39 is 5.60 Å². The van der Waals surface area contributed by atoms with E-state index in [2.05, 4.69) is 0 Å². The molecule has 0 unspecified atom stereocenters. The molecule has 1 aromatic rings. The summed E-state index contributed by atoms with van der Waals surface area (Å²) in [5, 5.41) is 9.45. The van der Waals surface area contributed by atoms with Gasteiger partial charge >= 0.3 is 0 Å². The molecular weight excluding hydrogens is 207 g/mol. The van der Waals surface area contributed by atoms with Gasteiger partial charge in [-0.05, 0) is 37.8 Å². The van der Waals surface area contributed by atoms with Gasteiger partial charge in [0.2, 0.25) is 0 Å². The monoisotopic (exact) mass is 224 g/mol. The van der Waals surface area contributed by atoms with E-state index in [1.54, 1.807) is 12.1 Å². The van der Waals surface area contributed by atoms with Gasteiger partial charge in [0.05, 0.1) is 6.61 Å². The lowest BCUT2D eigenvalue weighted by atomic mass is 9.85. The summed E-state index contributed by atoms with van der Waals surface area (Å²) < 4.78 is 18.8. The van der Waals surface area contributed by atoms with Gasteiger partial charge < -0.3 is 9.84 Å². The number of halogens is 1. The minimum absolute atomic E-state index is 0.00349. The van der Waals surface area contributed by atoms with Crippen LogP contribution >= 0.6 is 0 Å². The van der Waals surface area contributed by atoms with E-state index in [1.807, 2.05) is 0 Å². The number of aliphatic hydroxyl groups excluding tert-OH is 1. The Morgan fingerprint density at radius 3 is 2.62 bits per heavy atom. The topological polar surface area (TPSA) is 29.5 Å². The zero-order chi connectivity index (χ0) is 11.4. The van der Waals surface area contributed by atoms with Crippen molar-refractivity contribution >= 4 is 0 Å². The molecule has 0 radical (unpaired) electrons. The molecule has 1 saturated carbocycles. The molecule has 1 aromatic carbocycles. The largest absolute Gasteiger partial charge is 0.485 e. The summed E-state index contributed by atoms with van der Waals surface area (Å²) in [5.41, 5.74) is -0.494. The Labute approximate surface area is 95.1 Å². The van der Waals surface area contributed by atoms with E-state index in [-0.39, 0.29) is 12.4 Å². The molecule has 16 heavy (non-hydrogen) atoms. The van der Waals surface area contributed by atoms with Crippen LogP contribution in [0.5, 0.6) is 5.75 Å². The highest BCUT2D eigenvalue weighted by Crippen LogP contribution is 2.32. The van der Waals surface area contributed by atoms with Crippen molar-refractivity contribution in [3.8, 4) is 5.75 Å². The Morgan fingerprint density at radius 1 is 1.25 bits per heavy atom. The van der Waals surface area contributed by atoms with Crippen LogP contribution in [0.4, 0.5) is 4.39 Å². The zero-order valence-corrected chi connectivity index (χ0v) is 9.29. The molecule has 0 aliphatic heterocycles. The minimum atomic E-state index is -0.494. The Kier molecular flexibility index (Phi) is 3.44. The third-order valence-electron chi connectivity index (χ3n) is 3.18. The molecule has 1 aliphatic rings. The van der Waals surface area contributed by atoms with Crippen molar-refractivity contribution in [3.63, 3.8) is 0 Å². The molecule has 0 amide bonds. The van der Waals surface area contributed by atoms with Crippen LogP contribution in [0, 0.1) is 5.82 Å². The second kappa shape index (κ2) is 4.83. The lowest BCUT2D eigenvalue weighted by molar-refractivity contribution is -0.0200. The van der Waals surface area contributed by atoms with Gasteiger partial charge in [0.15, 0.2) is 0 Å². The van der Waals surface area contributed by atoms with Gasteiger partial charge in [-0.15, -0.1) is 0 Å². The molecule has 0 aromatic heterocycles. The smallest absolute Gasteiger partial charge is 0.132 e. The fourth-order valence-electron chi connectivity index (χ4n) is 2.27. The van der Waals surface area contributed by atoms with E-state index in [4.69, 9.17) is 4.74 Å². The Morgan fingerprint density at radius 2 is 2.00 bits per heavy atom. The number of hydrogen-bond donors (Lipinski definition) is 1. The second-order valence-corrected chi connectivity index (χ2v) is 4.46. The van der Waals surface area contributed by atoms with Gasteiger partial charge in [-0.1, -0.05) is 12.5 Å². The summed E-state index contributed by atoms with van der Waals surface area (Å²) in [6.45, 7) is 0.00349. The first-order valence-corrected chi connectivity index (χ1v) is 5.80. The molecule has 88 valence electrons. The molecule has 0 spiro atoms. The van der Waals surface area contributed by atoms with Crippen LogP contribution < -0.4 is 4.74 Å². The number of aliphatic hydroxyl groups is 1. The lowest BCUT2D eigenvalue weighted by Crippen LogP contribution is -2.41. The van der Waals surface area contributed by atoms with Crippen molar-refractivity contribution in [3.05, 3.63) is 30.1 Å². The highest BCUT2D eigenvalue weighted by atomic mass is 19.1. The Bertz CT molecular complexity index is 346. The van der Waals surface area contributed by atoms with E-state index in [9.17, 15) is 9.50 Å². The van der Waals surface area contributed by atoms with Crippen molar-refractivity contribution in [2.75, 3.05) is 6.61 Å². The minimum Gasteiger partial charge on any atom is -0.485 e. The van der Waals surface area contributed by atoms with E-state index >= 15 is 0 Å². The van der Waals surface area contributed by atoms with Crippen LogP contribution in [-0.4, -0.2) is 17.3 Å². The normalized spacial score (nSPS) is 19.4. The standard InChI is InChI=1S/C13H17FO2/c14-11-5-4-6-12(9-11)16-13(10-15)7-2-1-3-8-13/h4-6,9,15H,1-3,7-8,10H2. The van der Waals surface area contributed by atoms with Gasteiger partial charge in [-0.2, -0.15) is 0 Å². The van der Waals surface area contributed by atoms with Gasteiger partial charge in [0.1, 0.15) is 17.2 Å². The summed E-state index contributed by atoms with van der Waals surface area (Å²) in [7, 11) is 0. The van der Waals surface area contributed by atoms with E-state index in [0.29, 0.717) is 5.75 Å². The summed E-state index contributed by atoms with van der Waals surface area (Å²) in [5.74, 6) is 0.206. The fourth-order valence-corrected chi connectivity index (χ4v) is 2.27. The molecule has 2 rings (SSSR count). The molecular formula is C13H17FO2. The molecule has 1 N–H and O–H groups in total. The van der Waals surface area contributed by atoms with Crippen LogP contribution in [0.1, 0.15) is 32.1 Å². The van der Waals surface area contributed by atoms with Gasteiger partial charge in [0.25, 0.3) is 0 Å². The number of benzene rings is 1. The van der Waals surface area contributed by atoms with Crippen LogP contribution in [0.3, 0.4) is 0 Å². The van der Waals surface area contributed by atoms with Gasteiger partial charge in [0, 0.05) is 6.07 Å². The molecule has 0 heterocycles. The van der Waals surface area contributed by atoms with Crippen molar-refractivity contribution in [2.24, 2.45) is 0 Å². The molecule has 1 fully saturated rings. The third kappa shape index (κ3) is 2.53. The number of hydrogen-bond acceptors (Lipinski definition) is 2. The van der Waals surface area contributed by atoms with Crippen molar-refractivity contribution in [1.29, 1.82) is 0 Å². The van der Waals surface area contributed by atoms with E-state index in [0.717, 1.165) is 25.7 Å². The van der Waals surface area contributed by atoms with Crippen LogP contribution in [0.25, 0.3) is 0 Å². The number of ether oxygens (including phenoxy) is 1. The molecule has 0 atom stereocenters. The maximum atomic E-state index is 13.0. The first-order chi connectivity index (χ1) is 7.74. The molecule has 1 aliphatic carbocycles. The maximum Gasteiger partial charge on any atom is 0.132 e. The van der Waals surface area contributed by atoms with Gasteiger partial charge in [-0.3, -0.25) is 0 Å². The third-order valence-corrected chi connectivity index (χ3v) is 3.18. The fraction of sp³-hybridized carbons (Fsp3) is 0.538. The average Bonchev–Trinajstić information content (AvgIpc) is 2.30. The average molecular weight is 224 g/mol. The summed E-state index contributed by atoms with van der Waals surface area (Å²) >= 11 is 0. The Hall–Kier alpha value is -1.09. The summed E-state index contributed by atoms with van der Waals surface area (Å²) in [6, 6.07) is 6.11. The molecule has 3 heteroatoms. The lowest BCUT2D eigenvalue weighted by Gasteiger charge is -2.36. The summed E-state index contributed by atoms with van der Waals surface area (Å²) in [6.07, 6.45) is 5.01. The van der Waals surface area contributed by atoms with Crippen molar-refractivity contribution < 1.29 is 14.2 Å². The number of rotatable bonds is 3. The van der Waals surface area contributed by atoms with Crippen LogP contribution in [0.2, 0.25) is 0 Å². The van der Waals surface area contributed by atoms with Crippen molar-refractivity contribution in [1.82, 2.24) is 0 Å². The first-order valence-electron chi connectivity index (χ1n) is 5.80. The van der Waals surface area contributed by atoms with Crippen molar-refractivity contribution in [2.45, 2.75) is 37.7 Å². The SMILES string of the molecule is OCC1(Oc2cccc(F)c2)CCCCC1. The first kappa shape index (κ1) is 11.4. The van der Waals surface area contributed by atoms with Crippen LogP contribution in [-0.2, 0) is 0 Å². The predicted molar refractivity (Wildman–Crippen MR) is 59.9 cm³/mol. The highest BCUT2D eigenvalue weighted by Gasteiger charge is 2.33. The maximum absolute atomic E-state index is 13.0. The quantitative estimate of drug-likeness (QED) is 0.855. The predicted octanol–water partition coefficient (Wildman–Crippen LogP) is 2.90. The molecule has 0 saturated heterocycles.